The van der Waals surface area contributed by atoms with Gasteiger partial charge in [-0.3, -0.25) is 9.78 Å². The third-order valence-corrected chi connectivity index (χ3v) is 2.34. The Bertz CT molecular complexity index is 499. The van der Waals surface area contributed by atoms with Crippen LogP contribution in [-0.2, 0) is 0 Å². The molecule has 4 nitrogen and oxygen atoms in total. The molecular formula is C12H13N3O. The first kappa shape index (κ1) is 10.5. The van der Waals surface area contributed by atoms with Gasteiger partial charge in [0, 0.05) is 12.6 Å². The molecule has 0 atom stereocenters. The van der Waals surface area contributed by atoms with E-state index < -0.39 is 0 Å². The Kier molecular flexibility index (Phi) is 2.81. The van der Waals surface area contributed by atoms with Gasteiger partial charge in [-0.1, -0.05) is 6.92 Å². The fraction of sp³-hybridized carbons (Fsp3) is 0.250. The van der Waals surface area contributed by atoms with E-state index in [2.05, 4.69) is 10.1 Å². The molecule has 0 radical (unpaired) electrons. The van der Waals surface area contributed by atoms with Crippen LogP contribution in [0.3, 0.4) is 0 Å². The van der Waals surface area contributed by atoms with Gasteiger partial charge < -0.3 is 0 Å². The van der Waals surface area contributed by atoms with Gasteiger partial charge in [0.15, 0.2) is 5.78 Å². The van der Waals surface area contributed by atoms with Crippen molar-refractivity contribution in [3.63, 3.8) is 0 Å². The molecule has 0 aliphatic rings. The molecule has 2 aromatic rings. The predicted octanol–water partition coefficient (Wildman–Crippen LogP) is 2.17. The van der Waals surface area contributed by atoms with Crippen LogP contribution in [0.2, 0.25) is 0 Å². The van der Waals surface area contributed by atoms with Gasteiger partial charge in [0.1, 0.15) is 5.69 Å². The topological polar surface area (TPSA) is 47.8 Å². The van der Waals surface area contributed by atoms with Crippen LogP contribution in [0.15, 0.2) is 30.6 Å². The lowest BCUT2D eigenvalue weighted by molar-refractivity contribution is 0.0983. The minimum absolute atomic E-state index is 0.0585. The van der Waals surface area contributed by atoms with E-state index in [-0.39, 0.29) is 5.78 Å². The molecular weight excluding hydrogens is 202 g/mol. The zero-order valence-electron chi connectivity index (χ0n) is 9.34. The summed E-state index contributed by atoms with van der Waals surface area (Å²) in [6.07, 6.45) is 4.01. The summed E-state index contributed by atoms with van der Waals surface area (Å²) in [5.41, 5.74) is 2.32. The summed E-state index contributed by atoms with van der Waals surface area (Å²) in [5.74, 6) is 0.0585. The van der Waals surface area contributed by atoms with Crippen molar-refractivity contribution in [2.45, 2.75) is 20.3 Å². The summed E-state index contributed by atoms with van der Waals surface area (Å²) >= 11 is 0. The SMILES string of the molecule is CCC(=O)c1ccc(-n2ccc(C)n2)cn1. The molecule has 0 saturated heterocycles. The van der Waals surface area contributed by atoms with Crippen LogP contribution in [0, 0.1) is 6.92 Å². The number of rotatable bonds is 3. The van der Waals surface area contributed by atoms with Crippen molar-refractivity contribution in [2.24, 2.45) is 0 Å². The quantitative estimate of drug-likeness (QED) is 0.737. The van der Waals surface area contributed by atoms with Gasteiger partial charge in [-0.05, 0) is 25.1 Å². The highest BCUT2D eigenvalue weighted by atomic mass is 16.1. The minimum Gasteiger partial charge on any atom is -0.292 e. The zero-order valence-corrected chi connectivity index (χ0v) is 9.34. The summed E-state index contributed by atoms with van der Waals surface area (Å²) in [7, 11) is 0. The van der Waals surface area contributed by atoms with Crippen molar-refractivity contribution in [1.82, 2.24) is 14.8 Å². The number of hydrogen-bond acceptors (Lipinski definition) is 3. The van der Waals surface area contributed by atoms with Crippen molar-refractivity contribution in [3.8, 4) is 5.69 Å². The molecule has 16 heavy (non-hydrogen) atoms. The first-order valence-electron chi connectivity index (χ1n) is 5.22. The molecule has 4 heteroatoms. The number of ketones is 1. The second-order valence-electron chi connectivity index (χ2n) is 3.58. The lowest BCUT2D eigenvalue weighted by Gasteiger charge is -2.01. The van der Waals surface area contributed by atoms with Crippen LogP contribution in [0.4, 0.5) is 0 Å². The van der Waals surface area contributed by atoms with Crippen molar-refractivity contribution in [2.75, 3.05) is 0 Å². The van der Waals surface area contributed by atoms with E-state index in [0.717, 1.165) is 11.4 Å². The number of hydrogen-bond donors (Lipinski definition) is 0. The number of pyridine rings is 1. The number of carbonyl (C=O) groups excluding carboxylic acids is 1. The van der Waals surface area contributed by atoms with Crippen LogP contribution in [0.1, 0.15) is 29.5 Å². The molecule has 0 amide bonds. The van der Waals surface area contributed by atoms with E-state index in [4.69, 9.17) is 0 Å². The van der Waals surface area contributed by atoms with Crippen LogP contribution in [0.25, 0.3) is 5.69 Å². The van der Waals surface area contributed by atoms with E-state index in [9.17, 15) is 4.79 Å². The highest BCUT2D eigenvalue weighted by Gasteiger charge is 2.05. The van der Waals surface area contributed by atoms with Gasteiger partial charge in [0.05, 0.1) is 17.6 Å². The molecule has 82 valence electrons. The Hall–Kier alpha value is -1.97. The number of carbonyl (C=O) groups is 1. The standard InChI is InChI=1S/C12H13N3O/c1-3-12(16)11-5-4-10(8-13-11)15-7-6-9(2)14-15/h4-8H,3H2,1-2H3. The first-order valence-corrected chi connectivity index (χ1v) is 5.22. The summed E-state index contributed by atoms with van der Waals surface area (Å²) < 4.78 is 1.74. The third kappa shape index (κ3) is 2.00. The molecule has 0 unspecified atom stereocenters. The Balaban J connectivity index is 2.29. The van der Waals surface area contributed by atoms with Gasteiger partial charge >= 0.3 is 0 Å². The van der Waals surface area contributed by atoms with Crippen molar-refractivity contribution >= 4 is 5.78 Å². The molecule has 2 rings (SSSR count). The molecule has 0 saturated carbocycles. The molecule has 2 heterocycles. The maximum atomic E-state index is 11.4. The third-order valence-electron chi connectivity index (χ3n) is 2.34. The van der Waals surface area contributed by atoms with E-state index >= 15 is 0 Å². The summed E-state index contributed by atoms with van der Waals surface area (Å²) in [5, 5.41) is 4.27. The Morgan fingerprint density at radius 3 is 2.69 bits per heavy atom. The second-order valence-corrected chi connectivity index (χ2v) is 3.58. The normalized spacial score (nSPS) is 10.4. The smallest absolute Gasteiger partial charge is 0.180 e. The molecule has 0 aliphatic carbocycles. The van der Waals surface area contributed by atoms with Crippen LogP contribution in [0.5, 0.6) is 0 Å². The van der Waals surface area contributed by atoms with Crippen molar-refractivity contribution in [3.05, 3.63) is 42.0 Å². The van der Waals surface area contributed by atoms with Crippen molar-refractivity contribution < 1.29 is 4.79 Å². The second kappa shape index (κ2) is 4.26. The molecule has 0 spiro atoms. The molecule has 0 aliphatic heterocycles. The van der Waals surface area contributed by atoms with Crippen molar-refractivity contribution in [1.29, 1.82) is 0 Å². The minimum atomic E-state index is 0.0585. The van der Waals surface area contributed by atoms with Gasteiger partial charge in [-0.25, -0.2) is 4.68 Å². The first-order chi connectivity index (χ1) is 7.70. The van der Waals surface area contributed by atoms with Gasteiger partial charge in [-0.2, -0.15) is 5.10 Å². The highest BCUT2D eigenvalue weighted by Crippen LogP contribution is 2.08. The van der Waals surface area contributed by atoms with Crippen LogP contribution in [-0.4, -0.2) is 20.5 Å². The van der Waals surface area contributed by atoms with Gasteiger partial charge in [0.2, 0.25) is 0 Å². The Morgan fingerprint density at radius 2 is 2.19 bits per heavy atom. The summed E-state index contributed by atoms with van der Waals surface area (Å²) in [4.78, 5) is 15.5. The average molecular weight is 215 g/mol. The van der Waals surface area contributed by atoms with Crippen LogP contribution < -0.4 is 0 Å². The lowest BCUT2D eigenvalue weighted by Crippen LogP contribution is -2.02. The fourth-order valence-corrected chi connectivity index (χ4v) is 1.43. The highest BCUT2D eigenvalue weighted by molar-refractivity contribution is 5.93. The zero-order chi connectivity index (χ0) is 11.5. The monoisotopic (exact) mass is 215 g/mol. The predicted molar refractivity (Wildman–Crippen MR) is 60.7 cm³/mol. The fourth-order valence-electron chi connectivity index (χ4n) is 1.43. The molecule has 0 fully saturated rings. The number of aryl methyl sites for hydroxylation is 1. The van der Waals surface area contributed by atoms with E-state index in [1.807, 2.05) is 32.2 Å². The maximum absolute atomic E-state index is 11.4. The number of aromatic nitrogens is 3. The van der Waals surface area contributed by atoms with Gasteiger partial charge in [-0.15, -0.1) is 0 Å². The molecule has 0 aromatic carbocycles. The largest absolute Gasteiger partial charge is 0.292 e. The van der Waals surface area contributed by atoms with E-state index in [1.165, 1.54) is 0 Å². The average Bonchev–Trinajstić information content (AvgIpc) is 2.75. The Labute approximate surface area is 93.9 Å². The summed E-state index contributed by atoms with van der Waals surface area (Å²) in [6, 6.07) is 5.51. The summed E-state index contributed by atoms with van der Waals surface area (Å²) in [6.45, 7) is 3.76. The number of nitrogens with zero attached hydrogens (tertiary/aromatic N) is 3. The maximum Gasteiger partial charge on any atom is 0.180 e. The molecule has 0 bridgehead atoms. The molecule has 2 aromatic heterocycles. The van der Waals surface area contributed by atoms with Crippen LogP contribution >= 0.6 is 0 Å². The van der Waals surface area contributed by atoms with E-state index in [0.29, 0.717) is 12.1 Å². The number of Topliss-reactive ketones (excluding diaryl/α,β-unsaturated/α-hetero) is 1. The molecule has 0 N–H and O–H groups in total. The van der Waals surface area contributed by atoms with Gasteiger partial charge in [0.25, 0.3) is 0 Å². The Morgan fingerprint density at radius 1 is 1.38 bits per heavy atom. The lowest BCUT2D eigenvalue weighted by atomic mass is 10.2. The van der Waals surface area contributed by atoms with E-state index in [1.54, 1.807) is 16.9 Å².